The van der Waals surface area contributed by atoms with E-state index >= 15 is 0 Å². The maximum atomic E-state index is 11.9. The lowest BCUT2D eigenvalue weighted by atomic mass is 10.1. The van der Waals surface area contributed by atoms with E-state index in [1.807, 2.05) is 20.8 Å². The molecule has 2 N–H and O–H groups in total. The number of amides is 2. The van der Waals surface area contributed by atoms with Crippen LogP contribution in [0, 0.1) is 0 Å². The molecule has 2 atom stereocenters. The average Bonchev–Trinajstić information content (AvgIpc) is 2.90. The van der Waals surface area contributed by atoms with Gasteiger partial charge < -0.3 is 19.8 Å². The van der Waals surface area contributed by atoms with Crippen LogP contribution in [0.4, 0.5) is 0 Å². The predicted molar refractivity (Wildman–Crippen MR) is 79.1 cm³/mol. The van der Waals surface area contributed by atoms with Crippen LogP contribution in [0.15, 0.2) is 22.8 Å². The first kappa shape index (κ1) is 17.7. The quantitative estimate of drug-likeness (QED) is 0.798. The fourth-order valence-corrected chi connectivity index (χ4v) is 1.54. The number of rotatable bonds is 5. The predicted octanol–water partition coefficient (Wildman–Crippen LogP) is 1.24. The van der Waals surface area contributed by atoms with E-state index < -0.39 is 35.5 Å². The molecule has 0 fully saturated rings. The molecule has 0 aromatic carbocycles. The molecule has 1 aromatic heterocycles. The molecule has 2 amide bonds. The van der Waals surface area contributed by atoms with Gasteiger partial charge in [0.05, 0.1) is 6.26 Å². The molecule has 0 aliphatic heterocycles. The summed E-state index contributed by atoms with van der Waals surface area (Å²) in [7, 11) is 0. The summed E-state index contributed by atoms with van der Waals surface area (Å²) in [4.78, 5) is 35.5. The minimum atomic E-state index is -0.949. The van der Waals surface area contributed by atoms with Crippen molar-refractivity contribution in [2.45, 2.75) is 52.3 Å². The monoisotopic (exact) mass is 310 g/mol. The Morgan fingerprint density at radius 1 is 1.23 bits per heavy atom. The first-order valence-corrected chi connectivity index (χ1v) is 6.97. The number of hydrogen-bond acceptors (Lipinski definition) is 5. The molecule has 1 rings (SSSR count). The zero-order chi connectivity index (χ0) is 16.9. The second-order valence-corrected chi connectivity index (χ2v) is 5.99. The lowest BCUT2D eigenvalue weighted by Gasteiger charge is -2.24. The van der Waals surface area contributed by atoms with Gasteiger partial charge in [-0.25, -0.2) is 4.79 Å². The molecular weight excluding hydrogens is 288 g/mol. The van der Waals surface area contributed by atoms with Gasteiger partial charge in [0.15, 0.2) is 11.9 Å². The van der Waals surface area contributed by atoms with Gasteiger partial charge in [-0.3, -0.25) is 9.59 Å². The molecule has 122 valence electrons. The lowest BCUT2D eigenvalue weighted by Crippen LogP contribution is -2.48. The Morgan fingerprint density at radius 2 is 1.86 bits per heavy atom. The van der Waals surface area contributed by atoms with E-state index in [9.17, 15) is 14.4 Å². The van der Waals surface area contributed by atoms with Gasteiger partial charge in [0, 0.05) is 5.54 Å². The molecular formula is C15H22N2O5. The van der Waals surface area contributed by atoms with E-state index in [4.69, 9.17) is 9.15 Å². The van der Waals surface area contributed by atoms with Crippen molar-refractivity contribution < 1.29 is 23.5 Å². The smallest absolute Gasteiger partial charge is 0.329 e. The van der Waals surface area contributed by atoms with E-state index in [-0.39, 0.29) is 5.76 Å². The molecule has 2 unspecified atom stereocenters. The van der Waals surface area contributed by atoms with Crippen molar-refractivity contribution in [1.29, 1.82) is 0 Å². The van der Waals surface area contributed by atoms with Gasteiger partial charge in [-0.1, -0.05) is 0 Å². The van der Waals surface area contributed by atoms with Crippen LogP contribution in [0.3, 0.4) is 0 Å². The topological polar surface area (TPSA) is 97.6 Å². The Balaban J connectivity index is 2.50. The number of carbonyl (C=O) groups is 3. The number of ether oxygens (including phenoxy) is 1. The van der Waals surface area contributed by atoms with E-state index in [1.165, 1.54) is 26.2 Å². The summed E-state index contributed by atoms with van der Waals surface area (Å²) >= 11 is 0. The summed E-state index contributed by atoms with van der Waals surface area (Å²) in [5.74, 6) is -1.53. The highest BCUT2D eigenvalue weighted by Crippen LogP contribution is 2.04. The minimum absolute atomic E-state index is 0.0955. The van der Waals surface area contributed by atoms with Crippen molar-refractivity contribution in [2.24, 2.45) is 0 Å². The van der Waals surface area contributed by atoms with Gasteiger partial charge in [-0.15, -0.1) is 0 Å². The SMILES string of the molecule is CC(NC(=O)c1ccco1)C(=O)OC(C)C(=O)NC(C)(C)C. The summed E-state index contributed by atoms with van der Waals surface area (Å²) < 4.78 is 9.96. The molecule has 0 radical (unpaired) electrons. The van der Waals surface area contributed by atoms with E-state index in [1.54, 1.807) is 6.07 Å². The summed E-state index contributed by atoms with van der Waals surface area (Å²) in [6, 6.07) is 2.14. The molecule has 0 aliphatic rings. The second kappa shape index (κ2) is 7.11. The number of carbonyl (C=O) groups excluding carboxylic acids is 3. The highest BCUT2D eigenvalue weighted by molar-refractivity contribution is 5.94. The molecule has 7 nitrogen and oxygen atoms in total. The Kier molecular flexibility index (Phi) is 5.73. The van der Waals surface area contributed by atoms with Crippen LogP contribution in [0.2, 0.25) is 0 Å². The first-order valence-electron chi connectivity index (χ1n) is 6.97. The molecule has 0 saturated heterocycles. The van der Waals surface area contributed by atoms with Crippen LogP contribution in [-0.4, -0.2) is 35.5 Å². The van der Waals surface area contributed by atoms with Crippen molar-refractivity contribution in [2.75, 3.05) is 0 Å². The highest BCUT2D eigenvalue weighted by Gasteiger charge is 2.26. The summed E-state index contributed by atoms with van der Waals surface area (Å²) in [6.45, 7) is 8.42. The number of furan rings is 1. The van der Waals surface area contributed by atoms with E-state index in [0.717, 1.165) is 0 Å². The number of hydrogen-bond donors (Lipinski definition) is 2. The molecule has 7 heteroatoms. The Labute approximate surface area is 129 Å². The van der Waals surface area contributed by atoms with Gasteiger partial charge >= 0.3 is 5.97 Å². The minimum Gasteiger partial charge on any atom is -0.459 e. The standard InChI is InChI=1S/C15H22N2O5/c1-9(16-13(19)11-7-6-8-21-11)14(20)22-10(2)12(18)17-15(3,4)5/h6-10H,1-5H3,(H,16,19)(H,17,18). The molecule has 1 aromatic rings. The third kappa shape index (κ3) is 5.59. The van der Waals surface area contributed by atoms with Gasteiger partial charge in [-0.05, 0) is 46.8 Å². The largest absolute Gasteiger partial charge is 0.459 e. The van der Waals surface area contributed by atoms with Crippen LogP contribution >= 0.6 is 0 Å². The Bertz CT molecular complexity index is 531. The van der Waals surface area contributed by atoms with Crippen LogP contribution in [0.25, 0.3) is 0 Å². The fourth-order valence-electron chi connectivity index (χ4n) is 1.54. The molecule has 22 heavy (non-hydrogen) atoms. The third-order valence-corrected chi connectivity index (χ3v) is 2.61. The molecule has 1 heterocycles. The van der Waals surface area contributed by atoms with Crippen LogP contribution in [0.5, 0.6) is 0 Å². The van der Waals surface area contributed by atoms with Crippen molar-refractivity contribution in [3.63, 3.8) is 0 Å². The van der Waals surface area contributed by atoms with Gasteiger partial charge in [-0.2, -0.15) is 0 Å². The molecule has 0 bridgehead atoms. The lowest BCUT2D eigenvalue weighted by molar-refractivity contribution is -0.156. The highest BCUT2D eigenvalue weighted by atomic mass is 16.5. The van der Waals surface area contributed by atoms with Crippen LogP contribution < -0.4 is 10.6 Å². The van der Waals surface area contributed by atoms with Gasteiger partial charge in [0.2, 0.25) is 0 Å². The van der Waals surface area contributed by atoms with Gasteiger partial charge in [0.1, 0.15) is 6.04 Å². The van der Waals surface area contributed by atoms with Crippen molar-refractivity contribution in [1.82, 2.24) is 10.6 Å². The molecule has 0 aliphatic carbocycles. The maximum Gasteiger partial charge on any atom is 0.329 e. The second-order valence-electron chi connectivity index (χ2n) is 5.99. The molecule has 0 saturated carbocycles. The fraction of sp³-hybridized carbons (Fsp3) is 0.533. The number of esters is 1. The zero-order valence-corrected chi connectivity index (χ0v) is 13.4. The summed E-state index contributed by atoms with van der Waals surface area (Å²) in [5.41, 5.74) is -0.420. The Morgan fingerprint density at radius 3 is 2.36 bits per heavy atom. The normalized spacial score (nSPS) is 13.9. The average molecular weight is 310 g/mol. The van der Waals surface area contributed by atoms with Crippen molar-refractivity contribution in [3.05, 3.63) is 24.2 Å². The first-order chi connectivity index (χ1) is 10.1. The zero-order valence-electron chi connectivity index (χ0n) is 13.4. The van der Waals surface area contributed by atoms with Crippen LogP contribution in [-0.2, 0) is 14.3 Å². The van der Waals surface area contributed by atoms with Gasteiger partial charge in [0.25, 0.3) is 11.8 Å². The van der Waals surface area contributed by atoms with E-state index in [2.05, 4.69) is 10.6 Å². The Hall–Kier alpha value is -2.31. The molecule has 0 spiro atoms. The van der Waals surface area contributed by atoms with Crippen LogP contribution in [0.1, 0.15) is 45.2 Å². The van der Waals surface area contributed by atoms with Crippen molar-refractivity contribution >= 4 is 17.8 Å². The van der Waals surface area contributed by atoms with Crippen molar-refractivity contribution in [3.8, 4) is 0 Å². The van der Waals surface area contributed by atoms with E-state index in [0.29, 0.717) is 0 Å². The summed E-state index contributed by atoms with van der Waals surface area (Å²) in [5, 5.41) is 5.14. The third-order valence-electron chi connectivity index (χ3n) is 2.61. The summed E-state index contributed by atoms with van der Waals surface area (Å²) in [6.07, 6.45) is 0.409. The maximum absolute atomic E-state index is 11.9. The number of nitrogens with one attached hydrogen (secondary N) is 2.